The minimum atomic E-state index is 0.282. The Kier molecular flexibility index (Phi) is 4.15. The van der Waals surface area contributed by atoms with E-state index < -0.39 is 0 Å². The molecule has 0 spiro atoms. The third-order valence-corrected chi connectivity index (χ3v) is 4.96. The monoisotopic (exact) mass is 336 g/mol. The van der Waals surface area contributed by atoms with Crippen LogP contribution in [0.2, 0.25) is 0 Å². The van der Waals surface area contributed by atoms with Crippen molar-refractivity contribution in [2.75, 3.05) is 18.0 Å². The fraction of sp³-hybridized carbons (Fsp3) is 0.450. The number of pyridine rings is 1. The van der Waals surface area contributed by atoms with E-state index in [0.717, 1.165) is 49.2 Å². The molecule has 130 valence electrons. The number of anilines is 1. The summed E-state index contributed by atoms with van der Waals surface area (Å²) in [6, 6.07) is 10.6. The number of aryl methyl sites for hydroxylation is 1. The van der Waals surface area contributed by atoms with Crippen LogP contribution < -0.4 is 4.90 Å². The number of benzene rings is 1. The summed E-state index contributed by atoms with van der Waals surface area (Å²) in [6.45, 7) is 8.16. The van der Waals surface area contributed by atoms with Crippen molar-refractivity contribution in [3.63, 3.8) is 0 Å². The third-order valence-electron chi connectivity index (χ3n) is 4.96. The van der Waals surface area contributed by atoms with Crippen LogP contribution in [0.15, 0.2) is 34.9 Å². The lowest BCUT2D eigenvalue weighted by atomic mass is 9.95. The molecule has 3 heterocycles. The van der Waals surface area contributed by atoms with Crippen LogP contribution in [0.5, 0.6) is 0 Å². The molecule has 0 bridgehead atoms. The van der Waals surface area contributed by atoms with Gasteiger partial charge in [0.15, 0.2) is 5.82 Å². The topological polar surface area (TPSA) is 55.1 Å². The smallest absolute Gasteiger partial charge is 0.229 e. The minimum Gasteiger partial charge on any atom is -0.356 e. The second kappa shape index (κ2) is 6.47. The lowest BCUT2D eigenvalue weighted by Crippen LogP contribution is -2.34. The summed E-state index contributed by atoms with van der Waals surface area (Å²) < 4.78 is 5.38. The van der Waals surface area contributed by atoms with E-state index >= 15 is 0 Å². The van der Waals surface area contributed by atoms with Gasteiger partial charge in [-0.1, -0.05) is 43.3 Å². The number of hydrogen-bond acceptors (Lipinski definition) is 5. The van der Waals surface area contributed by atoms with E-state index in [1.165, 1.54) is 10.8 Å². The van der Waals surface area contributed by atoms with Gasteiger partial charge in [0.1, 0.15) is 5.82 Å². The van der Waals surface area contributed by atoms with Crippen molar-refractivity contribution in [3.8, 4) is 0 Å². The quantitative estimate of drug-likeness (QED) is 0.708. The molecule has 0 radical (unpaired) electrons. The summed E-state index contributed by atoms with van der Waals surface area (Å²) in [4.78, 5) is 11.8. The highest BCUT2D eigenvalue weighted by atomic mass is 16.5. The molecule has 0 atom stereocenters. The van der Waals surface area contributed by atoms with Gasteiger partial charge in [0, 0.05) is 36.0 Å². The van der Waals surface area contributed by atoms with Crippen LogP contribution in [0.25, 0.3) is 10.8 Å². The number of rotatable bonds is 3. The van der Waals surface area contributed by atoms with Crippen LogP contribution in [0, 0.1) is 6.92 Å². The molecule has 1 aliphatic rings. The Balaban J connectivity index is 1.54. The Morgan fingerprint density at radius 3 is 2.60 bits per heavy atom. The highest BCUT2D eigenvalue weighted by Gasteiger charge is 2.26. The molecule has 0 saturated carbocycles. The molecule has 5 nitrogen and oxygen atoms in total. The van der Waals surface area contributed by atoms with E-state index in [9.17, 15) is 0 Å². The SMILES string of the molecule is Cc1cc2ccccc2c(N2CCC(c3noc(C(C)C)n3)CC2)n1. The van der Waals surface area contributed by atoms with Crippen LogP contribution in [0.1, 0.15) is 55.9 Å². The van der Waals surface area contributed by atoms with Crippen LogP contribution in [0.3, 0.4) is 0 Å². The van der Waals surface area contributed by atoms with Gasteiger partial charge in [-0.05, 0) is 31.2 Å². The van der Waals surface area contributed by atoms with E-state index in [1.807, 2.05) is 0 Å². The first kappa shape index (κ1) is 16.1. The van der Waals surface area contributed by atoms with E-state index in [-0.39, 0.29) is 5.92 Å². The van der Waals surface area contributed by atoms with Crippen molar-refractivity contribution in [1.29, 1.82) is 0 Å². The third kappa shape index (κ3) is 3.11. The zero-order chi connectivity index (χ0) is 17.4. The second-order valence-electron chi connectivity index (χ2n) is 7.22. The minimum absolute atomic E-state index is 0.282. The predicted octanol–water partition coefficient (Wildman–Crippen LogP) is 4.43. The average molecular weight is 336 g/mol. The van der Waals surface area contributed by atoms with Gasteiger partial charge in [0.2, 0.25) is 5.89 Å². The van der Waals surface area contributed by atoms with E-state index in [2.05, 4.69) is 66.1 Å². The summed E-state index contributed by atoms with van der Waals surface area (Å²) >= 11 is 0. The lowest BCUT2D eigenvalue weighted by Gasteiger charge is -2.32. The number of aromatic nitrogens is 3. The van der Waals surface area contributed by atoms with Gasteiger partial charge in [-0.2, -0.15) is 4.98 Å². The summed E-state index contributed by atoms with van der Waals surface area (Å²) in [5.41, 5.74) is 1.07. The maximum Gasteiger partial charge on any atom is 0.229 e. The van der Waals surface area contributed by atoms with E-state index in [0.29, 0.717) is 5.92 Å². The fourth-order valence-corrected chi connectivity index (χ4v) is 3.55. The van der Waals surface area contributed by atoms with E-state index in [4.69, 9.17) is 9.51 Å². The molecule has 3 aromatic rings. The molecular weight excluding hydrogens is 312 g/mol. The zero-order valence-electron chi connectivity index (χ0n) is 15.1. The summed E-state index contributed by atoms with van der Waals surface area (Å²) in [5.74, 6) is 3.37. The van der Waals surface area contributed by atoms with Gasteiger partial charge >= 0.3 is 0 Å². The number of piperidine rings is 1. The first-order valence-electron chi connectivity index (χ1n) is 9.06. The summed E-state index contributed by atoms with van der Waals surface area (Å²) in [5, 5.41) is 6.69. The maximum absolute atomic E-state index is 5.38. The summed E-state index contributed by atoms with van der Waals surface area (Å²) in [7, 11) is 0. The van der Waals surface area contributed by atoms with Crippen molar-refractivity contribution < 1.29 is 4.52 Å². The lowest BCUT2D eigenvalue weighted by molar-refractivity contribution is 0.353. The Hall–Kier alpha value is -2.43. The first-order valence-corrected chi connectivity index (χ1v) is 9.06. The molecule has 1 aliphatic heterocycles. The normalized spacial score (nSPS) is 16.1. The second-order valence-corrected chi connectivity index (χ2v) is 7.22. The Morgan fingerprint density at radius 2 is 1.88 bits per heavy atom. The standard InChI is InChI=1S/C20H24N4O/c1-13(2)20-22-18(23-25-20)15-8-10-24(11-9-15)19-17-7-5-4-6-16(17)12-14(3)21-19/h4-7,12-13,15H,8-11H2,1-3H3. The maximum atomic E-state index is 5.38. The van der Waals surface area contributed by atoms with Crippen molar-refractivity contribution in [3.05, 3.63) is 47.7 Å². The van der Waals surface area contributed by atoms with Crippen molar-refractivity contribution in [1.82, 2.24) is 15.1 Å². The number of hydrogen-bond donors (Lipinski definition) is 0. The van der Waals surface area contributed by atoms with Gasteiger partial charge in [0.25, 0.3) is 0 Å². The van der Waals surface area contributed by atoms with Gasteiger partial charge in [-0.25, -0.2) is 4.98 Å². The van der Waals surface area contributed by atoms with Gasteiger partial charge in [-0.3, -0.25) is 0 Å². The molecule has 2 aromatic heterocycles. The molecule has 0 amide bonds. The Labute approximate surface area is 148 Å². The molecule has 1 aromatic carbocycles. The molecule has 1 saturated heterocycles. The van der Waals surface area contributed by atoms with Crippen LogP contribution in [-0.2, 0) is 0 Å². The van der Waals surface area contributed by atoms with Gasteiger partial charge in [0.05, 0.1) is 0 Å². The number of nitrogens with zero attached hydrogens (tertiary/aromatic N) is 4. The zero-order valence-corrected chi connectivity index (χ0v) is 15.1. The average Bonchev–Trinajstić information content (AvgIpc) is 3.11. The summed E-state index contributed by atoms with van der Waals surface area (Å²) in [6.07, 6.45) is 2.06. The molecule has 1 fully saturated rings. The van der Waals surface area contributed by atoms with Crippen LogP contribution in [-0.4, -0.2) is 28.2 Å². The van der Waals surface area contributed by atoms with Gasteiger partial charge in [-0.15, -0.1) is 0 Å². The van der Waals surface area contributed by atoms with Crippen molar-refractivity contribution in [2.24, 2.45) is 0 Å². The highest BCUT2D eigenvalue weighted by Crippen LogP contribution is 2.32. The first-order chi connectivity index (χ1) is 12.1. The molecular formula is C20H24N4O. The van der Waals surface area contributed by atoms with E-state index in [1.54, 1.807) is 0 Å². The highest BCUT2D eigenvalue weighted by molar-refractivity contribution is 5.92. The predicted molar refractivity (Wildman–Crippen MR) is 99.1 cm³/mol. The van der Waals surface area contributed by atoms with Crippen LogP contribution in [0.4, 0.5) is 5.82 Å². The molecule has 0 unspecified atom stereocenters. The Bertz CT molecular complexity index is 878. The molecule has 4 rings (SSSR count). The van der Waals surface area contributed by atoms with Gasteiger partial charge < -0.3 is 9.42 Å². The largest absolute Gasteiger partial charge is 0.356 e. The van der Waals surface area contributed by atoms with Crippen molar-refractivity contribution in [2.45, 2.75) is 45.4 Å². The molecule has 0 aliphatic carbocycles. The number of fused-ring (bicyclic) bond motifs is 1. The Morgan fingerprint density at radius 1 is 1.12 bits per heavy atom. The molecule has 0 N–H and O–H groups in total. The molecule has 25 heavy (non-hydrogen) atoms. The van der Waals surface area contributed by atoms with Crippen molar-refractivity contribution >= 4 is 16.6 Å². The fourth-order valence-electron chi connectivity index (χ4n) is 3.55. The molecule has 5 heteroatoms. The van der Waals surface area contributed by atoms with Crippen LogP contribution >= 0.6 is 0 Å².